The minimum atomic E-state index is -0.0540. The van der Waals surface area contributed by atoms with Crippen LogP contribution in [-0.2, 0) is 0 Å². The van der Waals surface area contributed by atoms with E-state index in [2.05, 4.69) is 0 Å². The highest BCUT2D eigenvalue weighted by Crippen LogP contribution is 2.39. The summed E-state index contributed by atoms with van der Waals surface area (Å²) in [5.74, 6) is 3.50. The number of carbonyl (C=O) groups excluding carboxylic acids is 2. The molecule has 0 spiro atoms. The molecule has 4 rings (SSSR count). The molecule has 0 amide bonds. The van der Waals surface area contributed by atoms with Crippen LogP contribution in [0.1, 0.15) is 20.7 Å². The molecule has 0 aliphatic rings. The average molecular weight is 659 g/mol. The van der Waals surface area contributed by atoms with Crippen molar-refractivity contribution >= 4 is 114 Å². The molecule has 0 aliphatic carbocycles. The summed E-state index contributed by atoms with van der Waals surface area (Å²) in [5.41, 5.74) is 1.26. The fraction of sp³-hybridized carbons (Fsp3) is 0.167. The number of benzene rings is 2. The first-order valence-corrected chi connectivity index (χ1v) is 18.7. The van der Waals surface area contributed by atoms with Crippen LogP contribution in [-0.4, -0.2) is 33.2 Å². The highest BCUT2D eigenvalue weighted by atomic mass is 32.2. The van der Waals surface area contributed by atoms with Crippen molar-refractivity contribution in [3.8, 4) is 0 Å². The quantitative estimate of drug-likeness (QED) is 0.111. The third-order valence-electron chi connectivity index (χ3n) is 4.35. The van der Waals surface area contributed by atoms with Gasteiger partial charge >= 0.3 is 0 Å². The zero-order chi connectivity index (χ0) is 26.0. The lowest BCUT2D eigenvalue weighted by Gasteiger charge is -2.04. The Labute approximate surface area is 251 Å². The summed E-state index contributed by atoms with van der Waals surface area (Å²) in [6.07, 6.45) is 0. The first-order chi connectivity index (χ1) is 18.0. The van der Waals surface area contributed by atoms with Gasteiger partial charge in [0.25, 0.3) is 8.11 Å². The first-order valence-electron chi connectivity index (χ1n) is 10.7. The molecule has 2 aromatic heterocycles. The molecule has 0 atom stereocenters. The van der Waals surface area contributed by atoms with E-state index in [1.807, 2.05) is 48.2 Å². The van der Waals surface area contributed by atoms with Crippen LogP contribution in [0.2, 0.25) is 0 Å². The van der Waals surface area contributed by atoms with Gasteiger partial charge in [0, 0.05) is 34.1 Å². The summed E-state index contributed by atoms with van der Waals surface area (Å²) in [4.78, 5) is 49.0. The Morgan fingerprint density at radius 3 is 1.32 bits per heavy atom. The van der Waals surface area contributed by atoms with E-state index >= 15 is 0 Å². The molecule has 0 fully saturated rings. The molecule has 0 unspecified atom stereocenters. The van der Waals surface area contributed by atoms with Crippen molar-refractivity contribution in [2.24, 2.45) is 0 Å². The largest absolute Gasteiger partial charge is 0.289 e. The smallest absolute Gasteiger partial charge is 0.281 e. The molecule has 2 heterocycles. The molecule has 0 saturated heterocycles. The maximum atomic E-state index is 12.5. The van der Waals surface area contributed by atoms with Crippen molar-refractivity contribution in [1.82, 2.24) is 0 Å². The van der Waals surface area contributed by atoms with Crippen molar-refractivity contribution in [2.45, 2.75) is 16.8 Å². The van der Waals surface area contributed by atoms with Crippen LogP contribution in [0.25, 0.3) is 0 Å². The highest BCUT2D eigenvalue weighted by Gasteiger charge is 2.17. The van der Waals surface area contributed by atoms with E-state index < -0.39 is 0 Å². The maximum absolute atomic E-state index is 12.5. The molecule has 192 valence electrons. The molecular formula is C24H18O4S9. The fourth-order valence-electron chi connectivity index (χ4n) is 2.74. The summed E-state index contributed by atoms with van der Waals surface area (Å²) in [7, 11) is 0. The summed E-state index contributed by atoms with van der Waals surface area (Å²) in [6.45, 7) is 0. The lowest BCUT2D eigenvalue weighted by atomic mass is 10.2. The summed E-state index contributed by atoms with van der Waals surface area (Å²) in [6, 6.07) is 18.2. The second-order valence-electron chi connectivity index (χ2n) is 6.88. The molecule has 0 radical (unpaired) electrons. The van der Waals surface area contributed by atoms with E-state index in [0.29, 0.717) is 11.1 Å². The summed E-state index contributed by atoms with van der Waals surface area (Å²) < 4.78 is 3.38. The monoisotopic (exact) mass is 658 g/mol. The predicted octanol–water partition coefficient (Wildman–Crippen LogP) is 8.14. The van der Waals surface area contributed by atoms with Gasteiger partial charge in [0.05, 0.1) is 16.8 Å². The minimum Gasteiger partial charge on any atom is -0.281 e. The lowest BCUT2D eigenvalue weighted by molar-refractivity contribution is 0.108. The standard InChI is InChI=1S/C24H18O4S9/c25-17(15-7-3-1-4-8-15)32-21-19(34-23(27)36-21)30-13-11-29-12-14-31-20-22(37-24(28)35-20)33-18(26)16-9-5-2-6-10-16/h1-10H,11-14H2. The van der Waals surface area contributed by atoms with Crippen molar-refractivity contribution in [2.75, 3.05) is 23.0 Å². The van der Waals surface area contributed by atoms with Crippen molar-refractivity contribution < 1.29 is 9.59 Å². The third kappa shape index (κ3) is 9.14. The van der Waals surface area contributed by atoms with E-state index in [1.54, 1.807) is 47.8 Å². The van der Waals surface area contributed by atoms with Crippen LogP contribution >= 0.6 is 104 Å². The van der Waals surface area contributed by atoms with Crippen molar-refractivity contribution in [3.63, 3.8) is 0 Å². The Morgan fingerprint density at radius 2 is 0.919 bits per heavy atom. The summed E-state index contributed by atoms with van der Waals surface area (Å²) in [5, 5.41) is -0.108. The summed E-state index contributed by atoms with van der Waals surface area (Å²) >= 11 is 12.0. The Kier molecular flexibility index (Phi) is 11.9. The van der Waals surface area contributed by atoms with Gasteiger partial charge in [0.2, 0.25) is 10.2 Å². The van der Waals surface area contributed by atoms with Gasteiger partial charge in [-0.3, -0.25) is 19.2 Å². The van der Waals surface area contributed by atoms with Crippen LogP contribution in [0, 0.1) is 0 Å². The van der Waals surface area contributed by atoms with E-state index in [9.17, 15) is 19.2 Å². The van der Waals surface area contributed by atoms with Gasteiger partial charge in [-0.1, -0.05) is 106 Å². The highest BCUT2D eigenvalue weighted by molar-refractivity contribution is 8.16. The van der Waals surface area contributed by atoms with Crippen molar-refractivity contribution in [1.29, 1.82) is 0 Å². The zero-order valence-electron chi connectivity index (χ0n) is 18.9. The number of thioether (sulfide) groups is 5. The molecule has 13 heteroatoms. The number of hydrogen-bond acceptors (Lipinski definition) is 13. The number of carbonyl (C=O) groups is 2. The lowest BCUT2D eigenvalue weighted by Crippen LogP contribution is -1.92. The Morgan fingerprint density at radius 1 is 0.541 bits per heavy atom. The molecular weight excluding hydrogens is 641 g/mol. The normalized spacial score (nSPS) is 11.0. The first kappa shape index (κ1) is 29.2. The molecule has 37 heavy (non-hydrogen) atoms. The van der Waals surface area contributed by atoms with Crippen LogP contribution < -0.4 is 8.11 Å². The van der Waals surface area contributed by atoms with Crippen molar-refractivity contribution in [3.05, 3.63) is 89.5 Å². The average Bonchev–Trinajstić information content (AvgIpc) is 3.44. The van der Waals surface area contributed by atoms with Crippen LogP contribution in [0.15, 0.2) is 87.1 Å². The van der Waals surface area contributed by atoms with Crippen LogP contribution in [0.4, 0.5) is 0 Å². The van der Waals surface area contributed by atoms with Gasteiger partial charge in [-0.15, -0.1) is 23.5 Å². The maximum Gasteiger partial charge on any atom is 0.289 e. The Balaban J connectivity index is 1.19. The molecule has 0 bridgehead atoms. The second-order valence-corrected chi connectivity index (χ2v) is 17.8. The van der Waals surface area contributed by atoms with Gasteiger partial charge in [0.1, 0.15) is 0 Å². The predicted molar refractivity (Wildman–Crippen MR) is 169 cm³/mol. The van der Waals surface area contributed by atoms with Crippen LogP contribution in [0.5, 0.6) is 0 Å². The zero-order valence-corrected chi connectivity index (χ0v) is 26.3. The molecule has 0 N–H and O–H groups in total. The molecule has 4 nitrogen and oxygen atoms in total. The van der Waals surface area contributed by atoms with Gasteiger partial charge in [-0.2, -0.15) is 11.8 Å². The SMILES string of the molecule is O=C(Sc1sc(=O)sc1SCCSCCSc1sc(=O)sc1SC(=O)c1ccccc1)c1ccccc1. The second kappa shape index (κ2) is 15.1. The van der Waals surface area contributed by atoms with E-state index in [-0.39, 0.29) is 18.3 Å². The van der Waals surface area contributed by atoms with Crippen LogP contribution in [0.3, 0.4) is 0 Å². The number of rotatable bonds is 12. The Bertz CT molecular complexity index is 1330. The van der Waals surface area contributed by atoms with Gasteiger partial charge < -0.3 is 0 Å². The topological polar surface area (TPSA) is 68.3 Å². The van der Waals surface area contributed by atoms with E-state index in [1.165, 1.54) is 22.7 Å². The van der Waals surface area contributed by atoms with E-state index in [4.69, 9.17) is 0 Å². The Hall–Kier alpha value is -0.770. The molecule has 0 aliphatic heterocycles. The van der Waals surface area contributed by atoms with E-state index in [0.717, 1.165) is 86.0 Å². The van der Waals surface area contributed by atoms with Gasteiger partial charge in [-0.05, 0) is 23.5 Å². The molecule has 0 saturated carbocycles. The minimum absolute atomic E-state index is 0.00379. The molecule has 2 aromatic carbocycles. The van der Waals surface area contributed by atoms with Gasteiger partial charge in [-0.25, -0.2) is 0 Å². The third-order valence-corrected chi connectivity index (χ3v) is 15.7. The number of hydrogen-bond donors (Lipinski definition) is 0. The molecule has 4 aromatic rings. The van der Waals surface area contributed by atoms with Gasteiger partial charge in [0.15, 0.2) is 0 Å². The fourth-order valence-corrected chi connectivity index (χ4v) is 13.9.